The monoisotopic (exact) mass is 260 g/mol. The number of nitrogens with one attached hydrogen (secondary N) is 1. The minimum Gasteiger partial charge on any atom is -0.508 e. The molecule has 1 amide bonds. The van der Waals surface area contributed by atoms with Crippen molar-refractivity contribution in [3.05, 3.63) is 29.8 Å². The minimum absolute atomic E-state index is 0.203. The van der Waals surface area contributed by atoms with Crippen molar-refractivity contribution in [3.63, 3.8) is 0 Å². The molecule has 2 saturated heterocycles. The Labute approximate surface area is 113 Å². The highest BCUT2D eigenvalue weighted by atomic mass is 16.3. The molecular formula is C15H20N2O2. The summed E-state index contributed by atoms with van der Waals surface area (Å²) in [7, 11) is 0. The summed E-state index contributed by atoms with van der Waals surface area (Å²) >= 11 is 0. The molecule has 1 spiro atoms. The Morgan fingerprint density at radius 2 is 2.11 bits per heavy atom. The van der Waals surface area contributed by atoms with Crippen molar-refractivity contribution < 1.29 is 9.90 Å². The number of benzene rings is 1. The molecule has 4 nitrogen and oxygen atoms in total. The molecule has 1 aromatic carbocycles. The molecule has 1 atom stereocenters. The third-order valence-corrected chi connectivity index (χ3v) is 4.41. The average Bonchev–Trinajstić information content (AvgIpc) is 3.03. The van der Waals surface area contributed by atoms with Crippen LogP contribution in [0.4, 0.5) is 0 Å². The second-order valence-corrected chi connectivity index (χ2v) is 5.84. The molecule has 0 aromatic heterocycles. The fourth-order valence-electron chi connectivity index (χ4n) is 3.19. The lowest BCUT2D eigenvalue weighted by molar-refractivity contribution is -0.129. The lowest BCUT2D eigenvalue weighted by Crippen LogP contribution is -2.34. The largest absolute Gasteiger partial charge is 0.508 e. The van der Waals surface area contributed by atoms with Gasteiger partial charge in [-0.15, -0.1) is 0 Å². The summed E-state index contributed by atoms with van der Waals surface area (Å²) in [5, 5.41) is 12.6. The molecule has 0 radical (unpaired) electrons. The van der Waals surface area contributed by atoms with Crippen LogP contribution in [-0.4, -0.2) is 42.1 Å². The fraction of sp³-hybridized carbons (Fsp3) is 0.533. The Morgan fingerprint density at radius 3 is 2.79 bits per heavy atom. The molecule has 2 aliphatic rings. The topological polar surface area (TPSA) is 52.6 Å². The number of hydrogen-bond donors (Lipinski definition) is 2. The Morgan fingerprint density at radius 1 is 1.32 bits per heavy atom. The lowest BCUT2D eigenvalue weighted by Gasteiger charge is -2.22. The van der Waals surface area contributed by atoms with Crippen LogP contribution < -0.4 is 5.32 Å². The number of hydrogen-bond acceptors (Lipinski definition) is 3. The number of phenols is 1. The molecule has 4 heteroatoms. The van der Waals surface area contributed by atoms with Gasteiger partial charge in [-0.25, -0.2) is 0 Å². The van der Waals surface area contributed by atoms with Gasteiger partial charge in [0.1, 0.15) is 5.75 Å². The third kappa shape index (κ3) is 2.59. The van der Waals surface area contributed by atoms with Gasteiger partial charge in [-0.05, 0) is 37.1 Å². The van der Waals surface area contributed by atoms with Gasteiger partial charge in [0.2, 0.25) is 5.91 Å². The van der Waals surface area contributed by atoms with Crippen LogP contribution in [0.25, 0.3) is 0 Å². The summed E-state index contributed by atoms with van der Waals surface area (Å²) in [6.45, 7) is 3.92. The molecule has 2 heterocycles. The van der Waals surface area contributed by atoms with E-state index in [1.807, 2.05) is 17.0 Å². The summed E-state index contributed by atoms with van der Waals surface area (Å²) < 4.78 is 0. The van der Waals surface area contributed by atoms with Gasteiger partial charge in [0.05, 0.1) is 6.42 Å². The molecule has 2 N–H and O–H groups in total. The first kappa shape index (κ1) is 12.5. The first-order valence-electron chi connectivity index (χ1n) is 6.93. The number of carbonyl (C=O) groups excluding carboxylic acids is 1. The van der Waals surface area contributed by atoms with Crippen molar-refractivity contribution in [3.8, 4) is 5.75 Å². The van der Waals surface area contributed by atoms with E-state index in [-0.39, 0.29) is 11.7 Å². The highest BCUT2D eigenvalue weighted by Gasteiger charge is 2.41. The third-order valence-electron chi connectivity index (χ3n) is 4.41. The summed E-state index contributed by atoms with van der Waals surface area (Å²) in [5.41, 5.74) is 1.30. The predicted octanol–water partition coefficient (Wildman–Crippen LogP) is 1.15. The number of aromatic hydroxyl groups is 1. The maximum atomic E-state index is 12.3. The Hall–Kier alpha value is -1.55. The highest BCUT2D eigenvalue weighted by molar-refractivity contribution is 5.79. The van der Waals surface area contributed by atoms with Gasteiger partial charge in [0, 0.05) is 25.0 Å². The van der Waals surface area contributed by atoms with E-state index in [1.54, 1.807) is 12.1 Å². The number of amides is 1. The first-order valence-corrected chi connectivity index (χ1v) is 6.93. The summed E-state index contributed by atoms with van der Waals surface area (Å²) in [4.78, 5) is 14.3. The normalized spacial score (nSPS) is 26.2. The van der Waals surface area contributed by atoms with Crippen molar-refractivity contribution >= 4 is 5.91 Å². The average molecular weight is 260 g/mol. The second kappa shape index (κ2) is 4.85. The molecule has 0 unspecified atom stereocenters. The molecule has 2 aliphatic heterocycles. The maximum absolute atomic E-state index is 12.3. The molecule has 102 valence electrons. The summed E-state index contributed by atoms with van der Waals surface area (Å²) in [6.07, 6.45) is 2.75. The number of carbonyl (C=O) groups is 1. The van der Waals surface area contributed by atoms with E-state index in [4.69, 9.17) is 0 Å². The van der Waals surface area contributed by atoms with E-state index in [2.05, 4.69) is 5.32 Å². The Bertz CT molecular complexity index is 464. The van der Waals surface area contributed by atoms with Crippen molar-refractivity contribution in [2.75, 3.05) is 26.2 Å². The fourth-order valence-corrected chi connectivity index (χ4v) is 3.19. The highest BCUT2D eigenvalue weighted by Crippen LogP contribution is 2.36. The van der Waals surface area contributed by atoms with Gasteiger partial charge >= 0.3 is 0 Å². The number of rotatable bonds is 2. The summed E-state index contributed by atoms with van der Waals surface area (Å²) in [6, 6.07) is 6.90. The van der Waals surface area contributed by atoms with Gasteiger partial charge in [-0.2, -0.15) is 0 Å². The molecule has 0 bridgehead atoms. The van der Waals surface area contributed by atoms with Crippen LogP contribution in [0.3, 0.4) is 0 Å². The van der Waals surface area contributed by atoms with E-state index in [1.165, 1.54) is 6.42 Å². The predicted molar refractivity (Wildman–Crippen MR) is 72.9 cm³/mol. The maximum Gasteiger partial charge on any atom is 0.227 e. The van der Waals surface area contributed by atoms with Crippen LogP contribution in [0.1, 0.15) is 18.4 Å². The zero-order chi connectivity index (χ0) is 13.3. The van der Waals surface area contributed by atoms with Gasteiger partial charge < -0.3 is 15.3 Å². The van der Waals surface area contributed by atoms with Crippen molar-refractivity contribution in [1.82, 2.24) is 10.2 Å². The van der Waals surface area contributed by atoms with Gasteiger partial charge in [-0.1, -0.05) is 12.1 Å². The zero-order valence-corrected chi connectivity index (χ0v) is 11.1. The van der Waals surface area contributed by atoms with Gasteiger partial charge in [-0.3, -0.25) is 4.79 Å². The Balaban J connectivity index is 1.61. The molecule has 0 saturated carbocycles. The Kier molecular flexibility index (Phi) is 3.19. The van der Waals surface area contributed by atoms with E-state index in [0.717, 1.165) is 38.2 Å². The molecule has 1 aromatic rings. The number of nitrogens with zero attached hydrogens (tertiary/aromatic N) is 1. The van der Waals surface area contributed by atoms with Gasteiger partial charge in [0.25, 0.3) is 0 Å². The molecule has 2 fully saturated rings. The molecule has 3 rings (SSSR count). The summed E-state index contributed by atoms with van der Waals surface area (Å²) in [5.74, 6) is 0.447. The molecule has 0 aliphatic carbocycles. The minimum atomic E-state index is 0.203. The van der Waals surface area contributed by atoms with Crippen molar-refractivity contribution in [2.24, 2.45) is 5.41 Å². The first-order chi connectivity index (χ1) is 9.17. The zero-order valence-electron chi connectivity index (χ0n) is 11.1. The second-order valence-electron chi connectivity index (χ2n) is 5.84. The number of phenolic OH excluding ortho intramolecular Hbond substituents is 1. The van der Waals surface area contributed by atoms with Crippen LogP contribution in [-0.2, 0) is 11.2 Å². The van der Waals surface area contributed by atoms with Crippen LogP contribution in [0.2, 0.25) is 0 Å². The van der Waals surface area contributed by atoms with E-state index >= 15 is 0 Å². The standard InChI is InChI=1S/C15H20N2O2/c18-13-3-1-12(2-4-13)9-14(19)17-8-6-15(11-17)5-7-16-10-15/h1-4,16,18H,5-11H2/t15-/m1/s1. The molecule has 19 heavy (non-hydrogen) atoms. The van der Waals surface area contributed by atoms with E-state index in [9.17, 15) is 9.90 Å². The van der Waals surface area contributed by atoms with Crippen LogP contribution in [0.5, 0.6) is 5.75 Å². The van der Waals surface area contributed by atoms with Gasteiger partial charge in [0.15, 0.2) is 0 Å². The molecular weight excluding hydrogens is 240 g/mol. The quantitative estimate of drug-likeness (QED) is 0.838. The van der Waals surface area contributed by atoms with E-state index < -0.39 is 0 Å². The number of likely N-dealkylation sites (tertiary alicyclic amines) is 1. The lowest BCUT2D eigenvalue weighted by atomic mass is 9.86. The van der Waals surface area contributed by atoms with Crippen molar-refractivity contribution in [2.45, 2.75) is 19.3 Å². The van der Waals surface area contributed by atoms with Crippen molar-refractivity contribution in [1.29, 1.82) is 0 Å². The van der Waals surface area contributed by atoms with Crippen LogP contribution in [0, 0.1) is 5.41 Å². The van der Waals surface area contributed by atoms with Crippen LogP contribution in [0.15, 0.2) is 24.3 Å². The van der Waals surface area contributed by atoms with Crippen LogP contribution >= 0.6 is 0 Å². The van der Waals surface area contributed by atoms with E-state index in [0.29, 0.717) is 11.8 Å². The smallest absolute Gasteiger partial charge is 0.227 e. The SMILES string of the molecule is O=C(Cc1ccc(O)cc1)N1CC[C@@]2(CCNC2)C1.